The zero-order valence-electron chi connectivity index (χ0n) is 11.7. The number of rotatable bonds is 5. The maximum atomic E-state index is 12.5. The van der Waals surface area contributed by atoms with Crippen LogP contribution in [0.4, 0.5) is 5.69 Å². The highest BCUT2D eigenvalue weighted by Crippen LogP contribution is 2.29. The summed E-state index contributed by atoms with van der Waals surface area (Å²) in [6, 6.07) is 5.37. The topological polar surface area (TPSA) is 101 Å². The number of nitrogens with zero attached hydrogens (tertiary/aromatic N) is 2. The zero-order chi connectivity index (χ0) is 15.6. The van der Waals surface area contributed by atoms with Crippen LogP contribution in [0.2, 0.25) is 0 Å². The Kier molecular flexibility index (Phi) is 4.60. The molecule has 0 aromatic heterocycles. The molecule has 1 aliphatic rings. The third-order valence-electron chi connectivity index (χ3n) is 3.90. The van der Waals surface area contributed by atoms with Crippen molar-refractivity contribution in [2.24, 2.45) is 5.92 Å². The van der Waals surface area contributed by atoms with Gasteiger partial charge in [-0.15, -0.1) is 0 Å². The standard InChI is InChI=1S/C13H18N2O5S/c1-10-6-7-14(13(10)8-16)21(19,20)9-11-4-2-3-5-12(11)15(17)18/h2-5,10,13,16H,6-9H2,1H3. The van der Waals surface area contributed by atoms with Crippen LogP contribution in [0, 0.1) is 16.0 Å². The SMILES string of the molecule is CC1CCN(S(=O)(=O)Cc2ccccc2[N+](=O)[O-])C1CO. The monoisotopic (exact) mass is 314 g/mol. The largest absolute Gasteiger partial charge is 0.395 e. The summed E-state index contributed by atoms with van der Waals surface area (Å²) in [4.78, 5) is 10.4. The van der Waals surface area contributed by atoms with E-state index in [4.69, 9.17) is 0 Å². The number of aliphatic hydroxyl groups is 1. The van der Waals surface area contributed by atoms with Crippen LogP contribution < -0.4 is 0 Å². The maximum absolute atomic E-state index is 12.5. The second kappa shape index (κ2) is 6.08. The Balaban J connectivity index is 2.28. The first-order chi connectivity index (χ1) is 9.86. The van der Waals surface area contributed by atoms with Crippen LogP contribution in [0.1, 0.15) is 18.9 Å². The number of aliphatic hydroxyl groups excluding tert-OH is 1. The van der Waals surface area contributed by atoms with Crippen LogP contribution in [-0.2, 0) is 15.8 Å². The summed E-state index contributed by atoms with van der Waals surface area (Å²) in [5.74, 6) is -0.344. The van der Waals surface area contributed by atoms with E-state index in [0.29, 0.717) is 13.0 Å². The molecule has 0 radical (unpaired) electrons. The molecule has 1 fully saturated rings. The summed E-state index contributed by atoms with van der Waals surface area (Å²) in [5, 5.41) is 20.3. The summed E-state index contributed by atoms with van der Waals surface area (Å²) >= 11 is 0. The second-order valence-electron chi connectivity index (χ2n) is 5.27. The molecule has 21 heavy (non-hydrogen) atoms. The van der Waals surface area contributed by atoms with Gasteiger partial charge in [-0.25, -0.2) is 8.42 Å². The van der Waals surface area contributed by atoms with E-state index >= 15 is 0 Å². The van der Waals surface area contributed by atoms with Crippen molar-refractivity contribution in [3.63, 3.8) is 0 Å². The molecule has 1 heterocycles. The Morgan fingerprint density at radius 2 is 2.10 bits per heavy atom. The van der Waals surface area contributed by atoms with Crippen molar-refractivity contribution >= 4 is 15.7 Å². The smallest absolute Gasteiger partial charge is 0.273 e. The van der Waals surface area contributed by atoms with Gasteiger partial charge in [0.15, 0.2) is 0 Å². The fraction of sp³-hybridized carbons (Fsp3) is 0.538. The van der Waals surface area contributed by atoms with Crippen molar-refractivity contribution < 1.29 is 18.4 Å². The van der Waals surface area contributed by atoms with E-state index in [1.54, 1.807) is 6.07 Å². The van der Waals surface area contributed by atoms with E-state index in [0.717, 1.165) is 0 Å². The van der Waals surface area contributed by atoms with Gasteiger partial charge in [0, 0.05) is 18.2 Å². The van der Waals surface area contributed by atoms with Gasteiger partial charge in [0.2, 0.25) is 10.0 Å². The van der Waals surface area contributed by atoms with Crippen LogP contribution in [0.15, 0.2) is 24.3 Å². The van der Waals surface area contributed by atoms with Crippen molar-refractivity contribution in [1.29, 1.82) is 0 Å². The first-order valence-corrected chi connectivity index (χ1v) is 8.30. The minimum Gasteiger partial charge on any atom is -0.395 e. The number of nitro benzene ring substituents is 1. The Morgan fingerprint density at radius 1 is 1.43 bits per heavy atom. The third-order valence-corrected chi connectivity index (χ3v) is 5.75. The number of nitro groups is 1. The summed E-state index contributed by atoms with van der Waals surface area (Å²) < 4.78 is 26.2. The lowest BCUT2D eigenvalue weighted by Crippen LogP contribution is -2.40. The lowest BCUT2D eigenvalue weighted by Gasteiger charge is -2.24. The first kappa shape index (κ1) is 15.9. The first-order valence-electron chi connectivity index (χ1n) is 6.69. The van der Waals surface area contributed by atoms with Gasteiger partial charge in [-0.3, -0.25) is 10.1 Å². The molecule has 0 amide bonds. The van der Waals surface area contributed by atoms with Crippen LogP contribution in [0.25, 0.3) is 0 Å². The average molecular weight is 314 g/mol. The Bertz CT molecular complexity index is 631. The molecular weight excluding hydrogens is 296 g/mol. The molecule has 2 rings (SSSR count). The van der Waals surface area contributed by atoms with Crippen molar-refractivity contribution in [3.05, 3.63) is 39.9 Å². The molecular formula is C13H18N2O5S. The van der Waals surface area contributed by atoms with E-state index in [-0.39, 0.29) is 23.8 Å². The van der Waals surface area contributed by atoms with Gasteiger partial charge < -0.3 is 5.11 Å². The van der Waals surface area contributed by atoms with Gasteiger partial charge in [-0.1, -0.05) is 25.1 Å². The Hall–Kier alpha value is -1.51. The average Bonchev–Trinajstić information content (AvgIpc) is 2.80. The molecule has 116 valence electrons. The molecule has 0 aliphatic carbocycles. The van der Waals surface area contributed by atoms with Gasteiger partial charge in [0.05, 0.1) is 23.3 Å². The number of para-hydroxylation sites is 1. The third kappa shape index (κ3) is 3.22. The minimum atomic E-state index is -3.69. The van der Waals surface area contributed by atoms with Crippen LogP contribution >= 0.6 is 0 Å². The van der Waals surface area contributed by atoms with E-state index in [1.807, 2.05) is 6.92 Å². The summed E-state index contributed by atoms with van der Waals surface area (Å²) in [7, 11) is -3.69. The molecule has 1 aromatic rings. The number of hydrogen-bond donors (Lipinski definition) is 1. The van der Waals surface area contributed by atoms with Crippen LogP contribution in [0.3, 0.4) is 0 Å². The van der Waals surface area contributed by atoms with Crippen LogP contribution in [-0.4, -0.2) is 41.9 Å². The second-order valence-corrected chi connectivity index (χ2v) is 7.19. The van der Waals surface area contributed by atoms with E-state index in [9.17, 15) is 23.6 Å². The van der Waals surface area contributed by atoms with Crippen molar-refractivity contribution in [2.75, 3.05) is 13.2 Å². The molecule has 7 nitrogen and oxygen atoms in total. The molecule has 1 saturated heterocycles. The summed E-state index contributed by atoms with van der Waals surface area (Å²) in [6.45, 7) is 1.99. The highest BCUT2D eigenvalue weighted by atomic mass is 32.2. The van der Waals surface area contributed by atoms with Gasteiger partial charge in [-0.05, 0) is 12.3 Å². The molecule has 1 N–H and O–H groups in total. The molecule has 0 bridgehead atoms. The number of hydrogen-bond acceptors (Lipinski definition) is 5. The van der Waals surface area contributed by atoms with E-state index < -0.39 is 26.7 Å². The van der Waals surface area contributed by atoms with Crippen molar-refractivity contribution in [2.45, 2.75) is 25.1 Å². The van der Waals surface area contributed by atoms with E-state index in [1.165, 1.54) is 22.5 Å². The highest BCUT2D eigenvalue weighted by molar-refractivity contribution is 7.88. The Labute approximate surface area is 123 Å². The predicted octanol–water partition coefficient (Wildman–Crippen LogP) is 1.13. The summed E-state index contributed by atoms with van der Waals surface area (Å²) in [5.41, 5.74) is -0.0346. The molecule has 1 aliphatic heterocycles. The highest BCUT2D eigenvalue weighted by Gasteiger charge is 2.38. The van der Waals surface area contributed by atoms with Crippen molar-refractivity contribution in [3.8, 4) is 0 Å². The fourth-order valence-electron chi connectivity index (χ4n) is 2.68. The number of benzene rings is 1. The zero-order valence-corrected chi connectivity index (χ0v) is 12.5. The van der Waals surface area contributed by atoms with Gasteiger partial charge >= 0.3 is 0 Å². The van der Waals surface area contributed by atoms with Gasteiger partial charge in [-0.2, -0.15) is 4.31 Å². The Morgan fingerprint density at radius 3 is 2.71 bits per heavy atom. The van der Waals surface area contributed by atoms with Gasteiger partial charge in [0.25, 0.3) is 5.69 Å². The molecule has 2 unspecified atom stereocenters. The fourth-order valence-corrected chi connectivity index (χ4v) is 4.55. The molecule has 2 atom stereocenters. The summed E-state index contributed by atoms with van der Waals surface area (Å²) in [6.07, 6.45) is 0.682. The van der Waals surface area contributed by atoms with Crippen molar-refractivity contribution in [1.82, 2.24) is 4.31 Å². The molecule has 0 spiro atoms. The maximum Gasteiger partial charge on any atom is 0.273 e. The predicted molar refractivity (Wildman–Crippen MR) is 77.1 cm³/mol. The minimum absolute atomic E-state index is 0.0792. The lowest BCUT2D eigenvalue weighted by atomic mass is 10.0. The van der Waals surface area contributed by atoms with Crippen LogP contribution in [0.5, 0.6) is 0 Å². The lowest BCUT2D eigenvalue weighted by molar-refractivity contribution is -0.385. The quantitative estimate of drug-likeness (QED) is 0.648. The normalized spacial score (nSPS) is 23.3. The van der Waals surface area contributed by atoms with E-state index in [2.05, 4.69) is 0 Å². The molecule has 0 saturated carbocycles. The molecule has 8 heteroatoms. The van der Waals surface area contributed by atoms with Gasteiger partial charge in [0.1, 0.15) is 0 Å². The molecule has 1 aromatic carbocycles. The number of sulfonamides is 1.